The Morgan fingerprint density at radius 2 is 1.86 bits per heavy atom. The van der Waals surface area contributed by atoms with Gasteiger partial charge in [-0.15, -0.1) is 0 Å². The molecule has 1 aromatic rings. The normalized spacial score (nSPS) is 17.9. The number of nitrogens with zero attached hydrogens (tertiary/aromatic N) is 3. The van der Waals surface area contributed by atoms with Gasteiger partial charge in [-0.3, -0.25) is 14.6 Å². The highest BCUT2D eigenvalue weighted by Gasteiger charge is 2.20. The number of ether oxygens (including phenoxy) is 1. The van der Waals surface area contributed by atoms with Crippen LogP contribution in [-0.4, -0.2) is 39.6 Å². The Hall–Kier alpha value is -2.61. The highest BCUT2D eigenvalue weighted by Crippen LogP contribution is 2.29. The fourth-order valence-electron chi connectivity index (χ4n) is 2.56. The summed E-state index contributed by atoms with van der Waals surface area (Å²) in [6.45, 7) is 8.40. The zero-order valence-corrected chi connectivity index (χ0v) is 18.8. The molecule has 1 heterocycles. The lowest BCUT2D eigenvalue weighted by Crippen LogP contribution is -2.25. The van der Waals surface area contributed by atoms with E-state index < -0.39 is 11.6 Å². The average molecular weight is 461 g/mol. The van der Waals surface area contributed by atoms with Gasteiger partial charge in [0.05, 0.1) is 5.70 Å². The largest absolute Gasteiger partial charge is 0.459 e. The van der Waals surface area contributed by atoms with Crippen LogP contribution in [0.15, 0.2) is 45.3 Å². The van der Waals surface area contributed by atoms with Crippen LogP contribution in [-0.2, 0) is 14.3 Å². The van der Waals surface area contributed by atoms with E-state index in [4.69, 9.17) is 10.5 Å². The van der Waals surface area contributed by atoms with Crippen LogP contribution in [0.1, 0.15) is 45.5 Å². The number of Topliss-reactive ketones (excluding diaryl/α,β-unsaturated/α-hetero) is 1. The van der Waals surface area contributed by atoms with Gasteiger partial charge in [0.1, 0.15) is 18.0 Å². The summed E-state index contributed by atoms with van der Waals surface area (Å²) in [5, 5.41) is 0. The number of aromatic nitrogens is 2. The SMILES string of the molecule is CC(=O)/C(N)=C1\C=C(c2cnc(C)nc2)C=C(Br)CC1=NCC(=O)OC(C)(C)C. The number of allylic oxidation sites excluding steroid dienone is 6. The third kappa shape index (κ3) is 6.74. The van der Waals surface area contributed by atoms with Crippen LogP contribution in [0.4, 0.5) is 0 Å². The number of ketones is 1. The minimum Gasteiger partial charge on any atom is -0.459 e. The van der Waals surface area contributed by atoms with Crippen molar-refractivity contribution in [3.8, 4) is 0 Å². The number of rotatable bonds is 4. The van der Waals surface area contributed by atoms with Crippen molar-refractivity contribution in [2.75, 3.05) is 6.54 Å². The van der Waals surface area contributed by atoms with Crippen LogP contribution >= 0.6 is 15.9 Å². The van der Waals surface area contributed by atoms with E-state index >= 15 is 0 Å². The van der Waals surface area contributed by atoms with Gasteiger partial charge in [-0.2, -0.15) is 0 Å². The third-order valence-electron chi connectivity index (χ3n) is 3.86. The lowest BCUT2D eigenvalue weighted by Gasteiger charge is -2.19. The molecule has 0 saturated carbocycles. The predicted molar refractivity (Wildman–Crippen MR) is 116 cm³/mol. The smallest absolute Gasteiger partial charge is 0.328 e. The molecule has 8 heteroatoms. The minimum absolute atomic E-state index is 0.0778. The number of aliphatic imine (C=N–C) groups is 1. The van der Waals surface area contributed by atoms with Crippen LogP contribution in [0, 0.1) is 6.92 Å². The first-order valence-corrected chi connectivity index (χ1v) is 9.88. The van der Waals surface area contributed by atoms with Crippen molar-refractivity contribution in [1.82, 2.24) is 9.97 Å². The standard InChI is InChI=1S/C21H25BrN4O3/c1-12(27)20(23)17-7-14(15-9-24-13(2)25-10-15)6-16(22)8-18(17)26-11-19(28)29-21(3,4)5/h6-7,9-10H,8,11,23H2,1-5H3/b20-17-,26-18?. The third-order valence-corrected chi connectivity index (χ3v) is 4.37. The molecule has 154 valence electrons. The molecule has 7 nitrogen and oxygen atoms in total. The summed E-state index contributed by atoms with van der Waals surface area (Å²) in [6.07, 6.45) is 7.45. The molecular weight excluding hydrogens is 436 g/mol. The molecule has 0 amide bonds. The number of aryl methyl sites for hydroxylation is 1. The first kappa shape index (κ1) is 22.7. The van der Waals surface area contributed by atoms with Crippen LogP contribution < -0.4 is 5.73 Å². The zero-order valence-electron chi connectivity index (χ0n) is 17.2. The van der Waals surface area contributed by atoms with E-state index in [2.05, 4.69) is 30.9 Å². The first-order chi connectivity index (χ1) is 13.5. The number of hydrogen-bond donors (Lipinski definition) is 1. The topological polar surface area (TPSA) is 108 Å². The summed E-state index contributed by atoms with van der Waals surface area (Å²) in [4.78, 5) is 36.9. The quantitative estimate of drug-likeness (QED) is 0.544. The fraction of sp³-hybridized carbons (Fsp3) is 0.381. The summed E-state index contributed by atoms with van der Waals surface area (Å²) in [5.41, 5.74) is 8.11. The Bertz CT molecular complexity index is 936. The molecule has 1 aliphatic carbocycles. The van der Waals surface area contributed by atoms with Crippen molar-refractivity contribution in [3.63, 3.8) is 0 Å². The van der Waals surface area contributed by atoms with Crippen LogP contribution in [0.3, 0.4) is 0 Å². The second kappa shape index (κ2) is 9.26. The molecule has 1 aliphatic rings. The number of carbonyl (C=O) groups excluding carboxylic acids is 2. The van der Waals surface area contributed by atoms with Crippen molar-refractivity contribution in [2.24, 2.45) is 10.7 Å². The van der Waals surface area contributed by atoms with Gasteiger partial charge < -0.3 is 10.5 Å². The average Bonchev–Trinajstić information content (AvgIpc) is 2.77. The van der Waals surface area contributed by atoms with Crippen LogP contribution in [0.5, 0.6) is 0 Å². The Morgan fingerprint density at radius 1 is 1.24 bits per heavy atom. The van der Waals surface area contributed by atoms with E-state index in [-0.39, 0.29) is 18.0 Å². The minimum atomic E-state index is -0.600. The number of nitrogens with two attached hydrogens (primary N) is 1. The van der Waals surface area contributed by atoms with Gasteiger partial charge in [0, 0.05) is 47.1 Å². The van der Waals surface area contributed by atoms with E-state index in [1.54, 1.807) is 46.2 Å². The van der Waals surface area contributed by atoms with Gasteiger partial charge in [-0.05, 0) is 45.4 Å². The second-order valence-corrected chi connectivity index (χ2v) is 8.64. The second-order valence-electron chi connectivity index (χ2n) is 7.62. The molecule has 2 rings (SSSR count). The Labute approximate surface area is 179 Å². The number of esters is 1. The fourth-order valence-corrected chi connectivity index (χ4v) is 3.07. The molecule has 0 atom stereocenters. The molecule has 29 heavy (non-hydrogen) atoms. The van der Waals surface area contributed by atoms with Crippen molar-refractivity contribution in [2.45, 2.75) is 46.6 Å². The highest BCUT2D eigenvalue weighted by molar-refractivity contribution is 9.11. The number of halogens is 1. The molecule has 0 spiro atoms. The molecule has 0 unspecified atom stereocenters. The van der Waals surface area contributed by atoms with E-state index in [1.807, 2.05) is 6.08 Å². The van der Waals surface area contributed by atoms with Crippen molar-refractivity contribution < 1.29 is 14.3 Å². The molecule has 0 bridgehead atoms. The predicted octanol–water partition coefficient (Wildman–Crippen LogP) is 3.44. The molecule has 0 aliphatic heterocycles. The van der Waals surface area contributed by atoms with Crippen molar-refractivity contribution in [3.05, 3.63) is 51.7 Å². The molecular formula is C21H25BrN4O3. The molecule has 1 aromatic heterocycles. The molecule has 0 saturated heterocycles. The highest BCUT2D eigenvalue weighted by atomic mass is 79.9. The maximum atomic E-state index is 12.1. The van der Waals surface area contributed by atoms with E-state index in [1.165, 1.54) is 6.92 Å². The first-order valence-electron chi connectivity index (χ1n) is 9.09. The maximum Gasteiger partial charge on any atom is 0.328 e. The van der Waals surface area contributed by atoms with E-state index in [0.29, 0.717) is 23.5 Å². The number of carbonyl (C=O) groups is 2. The maximum absolute atomic E-state index is 12.1. The monoisotopic (exact) mass is 460 g/mol. The van der Waals surface area contributed by atoms with Crippen molar-refractivity contribution >= 4 is 39.0 Å². The van der Waals surface area contributed by atoms with E-state index in [0.717, 1.165) is 15.6 Å². The summed E-state index contributed by atoms with van der Waals surface area (Å²) >= 11 is 3.53. The van der Waals surface area contributed by atoms with Gasteiger partial charge in [0.2, 0.25) is 0 Å². The Kier molecular flexibility index (Phi) is 7.24. The molecule has 0 radical (unpaired) electrons. The molecule has 0 fully saturated rings. The Morgan fingerprint density at radius 3 is 2.41 bits per heavy atom. The van der Waals surface area contributed by atoms with Gasteiger partial charge in [-0.1, -0.05) is 15.9 Å². The van der Waals surface area contributed by atoms with Gasteiger partial charge in [0.25, 0.3) is 0 Å². The summed E-state index contributed by atoms with van der Waals surface area (Å²) in [6, 6.07) is 0. The lowest BCUT2D eigenvalue weighted by molar-refractivity contribution is -0.152. The van der Waals surface area contributed by atoms with Crippen LogP contribution in [0.25, 0.3) is 5.57 Å². The molecule has 2 N–H and O–H groups in total. The number of hydrogen-bond acceptors (Lipinski definition) is 7. The van der Waals surface area contributed by atoms with E-state index in [9.17, 15) is 9.59 Å². The summed E-state index contributed by atoms with van der Waals surface area (Å²) in [5.74, 6) is -0.0744. The zero-order chi connectivity index (χ0) is 21.8. The van der Waals surface area contributed by atoms with Gasteiger partial charge >= 0.3 is 5.97 Å². The molecule has 0 aromatic carbocycles. The van der Waals surface area contributed by atoms with Gasteiger partial charge in [0.15, 0.2) is 5.78 Å². The van der Waals surface area contributed by atoms with Crippen molar-refractivity contribution in [1.29, 1.82) is 0 Å². The summed E-state index contributed by atoms with van der Waals surface area (Å²) in [7, 11) is 0. The Balaban J connectivity index is 2.49. The van der Waals surface area contributed by atoms with Gasteiger partial charge in [-0.25, -0.2) is 9.97 Å². The van der Waals surface area contributed by atoms with Crippen LogP contribution in [0.2, 0.25) is 0 Å². The lowest BCUT2D eigenvalue weighted by atomic mass is 10.0. The summed E-state index contributed by atoms with van der Waals surface area (Å²) < 4.78 is 6.13.